The van der Waals surface area contributed by atoms with Crippen molar-refractivity contribution in [3.05, 3.63) is 81.8 Å². The number of halogens is 6. The van der Waals surface area contributed by atoms with Gasteiger partial charge in [0.05, 0.1) is 73.3 Å². The van der Waals surface area contributed by atoms with Gasteiger partial charge in [-0.2, -0.15) is 8.42 Å². The highest BCUT2D eigenvalue weighted by molar-refractivity contribution is 8.31. The summed E-state index contributed by atoms with van der Waals surface area (Å²) >= 11 is 24.3. The van der Waals surface area contributed by atoms with E-state index in [-0.39, 0.29) is 10.6 Å². The van der Waals surface area contributed by atoms with E-state index in [1.807, 2.05) is 24.3 Å². The molecule has 0 saturated carbocycles. The van der Waals surface area contributed by atoms with Crippen molar-refractivity contribution in [2.45, 2.75) is 0 Å². The lowest BCUT2D eigenvalue weighted by Crippen LogP contribution is -1.95. The van der Waals surface area contributed by atoms with E-state index >= 15 is 0 Å². The van der Waals surface area contributed by atoms with Crippen LogP contribution in [0, 0.1) is 0 Å². The summed E-state index contributed by atoms with van der Waals surface area (Å²) in [7, 11) is 11.1. The molecule has 0 amide bonds. The van der Waals surface area contributed by atoms with Crippen molar-refractivity contribution in [3.63, 3.8) is 0 Å². The number of ether oxygens (including phenoxy) is 4. The van der Waals surface area contributed by atoms with E-state index in [2.05, 4.69) is 51.3 Å². The Morgan fingerprint density at radius 2 is 0.980 bits per heavy atom. The van der Waals surface area contributed by atoms with Gasteiger partial charge in [0.15, 0.2) is 0 Å². The van der Waals surface area contributed by atoms with Crippen molar-refractivity contribution in [2.75, 3.05) is 28.4 Å². The Balaban J connectivity index is 0.000000195. The second-order valence-corrected chi connectivity index (χ2v) is 14.4. The minimum atomic E-state index is -3.72. The van der Waals surface area contributed by atoms with Gasteiger partial charge in [0.1, 0.15) is 23.0 Å². The van der Waals surface area contributed by atoms with E-state index in [0.29, 0.717) is 55.3 Å². The summed E-state index contributed by atoms with van der Waals surface area (Å²) in [5.74, 6) is 2.30. The lowest BCUT2D eigenvalue weighted by molar-refractivity contribution is 0.394. The lowest BCUT2D eigenvalue weighted by Gasteiger charge is -2.14. The first-order chi connectivity index (χ1) is 23.2. The molecule has 6 rings (SSSR count). The molecule has 0 aliphatic carbocycles. The van der Waals surface area contributed by atoms with E-state index in [9.17, 15) is 0 Å². The van der Waals surface area contributed by atoms with Gasteiger partial charge in [-0.25, -0.2) is 19.9 Å². The second-order valence-electron chi connectivity index (χ2n) is 9.30. The van der Waals surface area contributed by atoms with E-state index in [1.165, 1.54) is 14.2 Å². The van der Waals surface area contributed by atoms with Gasteiger partial charge in [0.25, 0.3) is 0 Å². The minimum absolute atomic E-state index is 0.158. The monoisotopic (exact) mass is 804 g/mol. The van der Waals surface area contributed by atoms with Crippen LogP contribution in [0.3, 0.4) is 0 Å². The third-order valence-electron chi connectivity index (χ3n) is 6.35. The second kappa shape index (κ2) is 16.8. The summed E-state index contributed by atoms with van der Waals surface area (Å²) in [6.07, 6.45) is 6.53. The third kappa shape index (κ3) is 10.2. The molecule has 19 heteroatoms. The normalized spacial score (nSPS) is 10.8. The zero-order valence-electron chi connectivity index (χ0n) is 25.6. The molecular weight excluding hydrogens is 785 g/mol. The summed E-state index contributed by atoms with van der Waals surface area (Å²) in [6.45, 7) is 0. The van der Waals surface area contributed by atoms with Crippen molar-refractivity contribution in [1.82, 2.24) is 29.9 Å². The number of methoxy groups -OCH3 is 4. The molecule has 0 aliphatic heterocycles. The fourth-order valence-corrected chi connectivity index (χ4v) is 5.16. The number of hydrogen-bond acceptors (Lipinski definition) is 12. The van der Waals surface area contributed by atoms with Crippen molar-refractivity contribution in [1.29, 1.82) is 0 Å². The first kappa shape index (κ1) is 38.1. The predicted octanol–water partition coefficient (Wildman–Crippen LogP) is 8.74. The van der Waals surface area contributed by atoms with Gasteiger partial charge in [-0.3, -0.25) is 9.97 Å². The summed E-state index contributed by atoms with van der Waals surface area (Å²) in [5.41, 5.74) is 4.06. The van der Waals surface area contributed by atoms with Gasteiger partial charge in [-0.05, 0) is 47.5 Å². The van der Waals surface area contributed by atoms with Gasteiger partial charge >= 0.3 is 8.26 Å². The van der Waals surface area contributed by atoms with Crippen LogP contribution in [0.25, 0.3) is 44.3 Å². The van der Waals surface area contributed by atoms with Crippen LogP contribution in [0.4, 0.5) is 0 Å². The Morgan fingerprint density at radius 3 is 1.41 bits per heavy atom. The molecule has 0 saturated heterocycles. The smallest absolute Gasteiger partial charge is 0.317 e. The van der Waals surface area contributed by atoms with Crippen LogP contribution in [0.2, 0.25) is 20.6 Å². The van der Waals surface area contributed by atoms with Crippen molar-refractivity contribution < 1.29 is 27.4 Å². The summed E-state index contributed by atoms with van der Waals surface area (Å²) in [5, 5.41) is 2.69. The summed E-state index contributed by atoms with van der Waals surface area (Å²) < 4.78 is 39.4. The minimum Gasteiger partial charge on any atom is -0.497 e. The quantitative estimate of drug-likeness (QED) is 0.117. The number of benzene rings is 2. The average molecular weight is 807 g/mol. The molecule has 49 heavy (non-hydrogen) atoms. The van der Waals surface area contributed by atoms with Gasteiger partial charge in [-0.1, -0.05) is 23.2 Å². The van der Waals surface area contributed by atoms with Crippen molar-refractivity contribution in [2.24, 2.45) is 0 Å². The zero-order chi connectivity index (χ0) is 35.9. The molecular formula is C30H22Cl6N6O6S. The Kier molecular flexibility index (Phi) is 13.1. The highest BCUT2D eigenvalue weighted by atomic mass is 36.0. The highest BCUT2D eigenvalue weighted by Gasteiger charge is 2.20. The number of fused-ring (bicyclic) bond motifs is 2. The first-order valence-electron chi connectivity index (χ1n) is 13.3. The molecule has 0 spiro atoms. The maximum atomic E-state index is 9.16. The highest BCUT2D eigenvalue weighted by Crippen LogP contribution is 2.45. The summed E-state index contributed by atoms with van der Waals surface area (Å²) in [4.78, 5) is 24.9. The molecule has 0 radical (unpaired) electrons. The van der Waals surface area contributed by atoms with Crippen LogP contribution in [0.1, 0.15) is 0 Å². The summed E-state index contributed by atoms with van der Waals surface area (Å²) in [6, 6.07) is 10.9. The Labute approximate surface area is 309 Å². The molecule has 0 fully saturated rings. The molecule has 0 N–H and O–H groups in total. The van der Waals surface area contributed by atoms with Crippen LogP contribution in [-0.4, -0.2) is 66.8 Å². The molecule has 2 aromatic carbocycles. The standard InChI is InChI=1S/C15H10Cl3N3O2.C15H12ClN3O2.Cl2O2S/c1-22-10-4-11(23-2)14(17)12(13(10)16)8-3-7-5-20-15(18)21-9(7)6-19-8;1-20-11-3-9(4-12(6-11)21-2)13-5-10-7-18-15(16)19-14(10)8-17-13;1-5(2,3)4/h3-6H,1-2H3;3-8H,1-2H3;. The Hall–Kier alpha value is -3.69. The van der Waals surface area contributed by atoms with Gasteiger partial charge < -0.3 is 18.9 Å². The maximum absolute atomic E-state index is 9.16. The SMILES string of the molecule is COc1cc(OC)c(Cl)c(-c2cc3cnc(Cl)nc3cn2)c1Cl.COc1cc(OC)cc(-c2cc3cnc(Cl)nc3cn2)c1.O=S(=O)(Cl)Cl. The van der Waals surface area contributed by atoms with Crippen LogP contribution in [0.5, 0.6) is 23.0 Å². The molecule has 256 valence electrons. The molecule has 4 heterocycles. The van der Waals surface area contributed by atoms with Crippen LogP contribution < -0.4 is 18.9 Å². The average Bonchev–Trinajstić information content (AvgIpc) is 3.07. The molecule has 0 unspecified atom stereocenters. The third-order valence-corrected chi connectivity index (χ3v) is 7.47. The molecule has 0 atom stereocenters. The molecule has 0 bridgehead atoms. The van der Waals surface area contributed by atoms with Crippen molar-refractivity contribution >= 4 is 97.8 Å². The van der Waals surface area contributed by atoms with E-state index in [4.69, 9.17) is 73.8 Å². The van der Waals surface area contributed by atoms with E-state index < -0.39 is 8.26 Å². The number of nitrogens with zero attached hydrogens (tertiary/aromatic N) is 6. The molecule has 6 aromatic rings. The van der Waals surface area contributed by atoms with Crippen molar-refractivity contribution in [3.8, 4) is 45.5 Å². The zero-order valence-corrected chi connectivity index (χ0v) is 30.9. The van der Waals surface area contributed by atoms with Crippen LogP contribution >= 0.6 is 67.8 Å². The van der Waals surface area contributed by atoms with E-state index in [0.717, 1.165) is 22.0 Å². The fraction of sp³-hybridized carbons (Fsp3) is 0.133. The number of pyridine rings is 2. The molecule has 0 aliphatic rings. The number of hydrogen-bond donors (Lipinski definition) is 0. The van der Waals surface area contributed by atoms with Gasteiger partial charge in [0.2, 0.25) is 10.6 Å². The predicted molar refractivity (Wildman–Crippen MR) is 192 cm³/mol. The van der Waals surface area contributed by atoms with Crippen LogP contribution in [0.15, 0.2) is 61.2 Å². The van der Waals surface area contributed by atoms with Gasteiger partial charge in [0, 0.05) is 67.8 Å². The van der Waals surface area contributed by atoms with E-state index in [1.54, 1.807) is 51.1 Å². The Morgan fingerprint density at radius 1 is 0.551 bits per heavy atom. The largest absolute Gasteiger partial charge is 0.497 e. The molecule has 12 nitrogen and oxygen atoms in total. The molecule has 4 aromatic heterocycles. The Bertz CT molecular complexity index is 2190. The lowest BCUT2D eigenvalue weighted by atomic mass is 10.1. The topological polar surface area (TPSA) is 148 Å². The van der Waals surface area contributed by atoms with Gasteiger partial charge in [-0.15, -0.1) is 0 Å². The first-order valence-corrected chi connectivity index (χ1v) is 17.9. The van der Waals surface area contributed by atoms with Crippen LogP contribution in [-0.2, 0) is 8.26 Å². The fourth-order valence-electron chi connectivity index (χ4n) is 4.18. The number of aromatic nitrogens is 6. The number of rotatable bonds is 6. The maximum Gasteiger partial charge on any atom is 0.317 e.